The minimum absolute atomic E-state index is 0.0715. The van der Waals surface area contributed by atoms with Gasteiger partial charge in [0.15, 0.2) is 0 Å². The number of alkyl halides is 2. The van der Waals surface area contributed by atoms with Crippen molar-refractivity contribution in [3.8, 4) is 5.75 Å². The summed E-state index contributed by atoms with van der Waals surface area (Å²) < 4.78 is 30.8. The zero-order valence-electron chi connectivity index (χ0n) is 12.5. The maximum Gasteiger partial charge on any atom is 0.387 e. The molecule has 118 valence electrons. The fraction of sp³-hybridized carbons (Fsp3) is 0.333. The molecule has 22 heavy (non-hydrogen) atoms. The van der Waals surface area contributed by atoms with E-state index in [-0.39, 0.29) is 17.3 Å². The summed E-state index contributed by atoms with van der Waals surface area (Å²) in [6, 6.07) is 5.82. The van der Waals surface area contributed by atoms with Gasteiger partial charge in [-0.05, 0) is 44.5 Å². The maximum absolute atomic E-state index is 12.4. The quantitative estimate of drug-likeness (QED) is 0.922. The minimum Gasteiger partial charge on any atom is -0.433 e. The number of anilines is 1. The van der Waals surface area contributed by atoms with E-state index < -0.39 is 12.7 Å². The summed E-state index contributed by atoms with van der Waals surface area (Å²) in [4.78, 5) is 12.3. The molecule has 0 spiro atoms. The van der Waals surface area contributed by atoms with Crippen LogP contribution < -0.4 is 10.1 Å². The molecule has 1 aromatic heterocycles. The van der Waals surface area contributed by atoms with Gasteiger partial charge in [-0.1, -0.05) is 6.07 Å². The summed E-state index contributed by atoms with van der Waals surface area (Å²) in [5.41, 5.74) is 1.82. The van der Waals surface area contributed by atoms with Gasteiger partial charge in [0.25, 0.3) is 0 Å². The van der Waals surface area contributed by atoms with Crippen LogP contribution in [0.2, 0.25) is 0 Å². The molecule has 1 unspecified atom stereocenters. The third kappa shape index (κ3) is 3.81. The first-order chi connectivity index (χ1) is 10.4. The predicted molar refractivity (Wildman–Crippen MR) is 78.1 cm³/mol. The number of hydrogen-bond acceptors (Lipinski definition) is 3. The topological polar surface area (TPSA) is 56.1 Å². The summed E-state index contributed by atoms with van der Waals surface area (Å²) in [5, 5.41) is 6.77. The molecule has 0 bridgehead atoms. The highest BCUT2D eigenvalue weighted by Crippen LogP contribution is 2.28. The smallest absolute Gasteiger partial charge is 0.387 e. The molecular weight excluding hydrogens is 292 g/mol. The molecule has 1 amide bonds. The van der Waals surface area contributed by atoms with Crippen LogP contribution in [0.4, 0.5) is 14.5 Å². The first-order valence-electron chi connectivity index (χ1n) is 6.75. The van der Waals surface area contributed by atoms with Crippen molar-refractivity contribution in [2.45, 2.75) is 33.4 Å². The van der Waals surface area contributed by atoms with Gasteiger partial charge in [-0.15, -0.1) is 0 Å². The number of aromatic nitrogens is 2. The van der Waals surface area contributed by atoms with E-state index in [1.165, 1.54) is 10.7 Å². The number of ether oxygens (including phenoxy) is 1. The lowest BCUT2D eigenvalue weighted by atomic mass is 10.2. The number of rotatable bonds is 5. The van der Waals surface area contributed by atoms with Gasteiger partial charge in [-0.3, -0.25) is 9.48 Å². The molecule has 7 heteroatoms. The van der Waals surface area contributed by atoms with Crippen molar-refractivity contribution in [1.82, 2.24) is 9.78 Å². The number of hydrogen-bond donors (Lipinski definition) is 1. The Balaban J connectivity index is 2.18. The molecule has 0 radical (unpaired) electrons. The molecule has 0 aliphatic rings. The van der Waals surface area contributed by atoms with E-state index in [1.807, 2.05) is 6.92 Å². The molecule has 1 N–H and O–H groups in total. The molecule has 1 aromatic carbocycles. The van der Waals surface area contributed by atoms with Gasteiger partial charge in [-0.2, -0.15) is 13.9 Å². The van der Waals surface area contributed by atoms with E-state index in [2.05, 4.69) is 15.2 Å². The highest BCUT2D eigenvalue weighted by Gasteiger charge is 2.18. The predicted octanol–water partition coefficient (Wildman–Crippen LogP) is 3.30. The highest BCUT2D eigenvalue weighted by atomic mass is 19.3. The Morgan fingerprint density at radius 2 is 2.05 bits per heavy atom. The number of nitrogens with zero attached hydrogens (tertiary/aromatic N) is 2. The lowest BCUT2D eigenvalue weighted by Gasteiger charge is -2.16. The summed E-state index contributed by atoms with van der Waals surface area (Å²) in [5.74, 6) is -0.439. The van der Waals surface area contributed by atoms with E-state index in [9.17, 15) is 13.6 Å². The van der Waals surface area contributed by atoms with Crippen LogP contribution in [0, 0.1) is 13.8 Å². The van der Waals surface area contributed by atoms with E-state index in [1.54, 1.807) is 38.2 Å². The maximum atomic E-state index is 12.4. The van der Waals surface area contributed by atoms with Gasteiger partial charge in [-0.25, -0.2) is 0 Å². The Morgan fingerprint density at radius 3 is 2.64 bits per heavy atom. The number of nitrogens with one attached hydrogen (secondary N) is 1. The summed E-state index contributed by atoms with van der Waals surface area (Å²) >= 11 is 0. The van der Waals surface area contributed by atoms with Crippen LogP contribution in [0.3, 0.4) is 0 Å². The van der Waals surface area contributed by atoms with E-state index in [0.717, 1.165) is 11.3 Å². The van der Waals surface area contributed by atoms with Gasteiger partial charge in [0.05, 0.1) is 11.4 Å². The number of carbonyl (C=O) groups excluding carboxylic acids is 1. The van der Waals surface area contributed by atoms with E-state index in [4.69, 9.17) is 0 Å². The Labute approximate surface area is 126 Å². The number of carbonyl (C=O) groups is 1. The Kier molecular flexibility index (Phi) is 4.75. The van der Waals surface area contributed by atoms with E-state index >= 15 is 0 Å². The van der Waals surface area contributed by atoms with Gasteiger partial charge in [0.2, 0.25) is 5.91 Å². The standard InChI is InChI=1S/C15H17F2N3O2/c1-9-4-5-13(22-15(16)17)12(8-9)18-14(21)11(3)20-7-6-10(2)19-20/h4-8,11,15H,1-3H3,(H,18,21). The van der Waals surface area contributed by atoms with Gasteiger partial charge < -0.3 is 10.1 Å². The lowest BCUT2D eigenvalue weighted by molar-refractivity contribution is -0.119. The summed E-state index contributed by atoms with van der Waals surface area (Å²) in [6.07, 6.45) is 1.69. The average Bonchev–Trinajstić information content (AvgIpc) is 2.87. The fourth-order valence-corrected chi connectivity index (χ4v) is 1.95. The van der Waals surface area contributed by atoms with Crippen molar-refractivity contribution < 1.29 is 18.3 Å². The van der Waals surface area contributed by atoms with Gasteiger partial charge in [0, 0.05) is 6.20 Å². The average molecular weight is 309 g/mol. The van der Waals surface area contributed by atoms with Crippen LogP contribution in [0.1, 0.15) is 24.2 Å². The number of halogens is 2. The molecule has 5 nitrogen and oxygen atoms in total. The second kappa shape index (κ2) is 6.55. The molecule has 1 atom stereocenters. The zero-order valence-corrected chi connectivity index (χ0v) is 12.5. The molecule has 0 fully saturated rings. The van der Waals surface area contributed by atoms with Crippen LogP contribution in [-0.2, 0) is 4.79 Å². The first-order valence-corrected chi connectivity index (χ1v) is 6.75. The normalized spacial score (nSPS) is 12.3. The second-order valence-corrected chi connectivity index (χ2v) is 4.98. The molecule has 2 rings (SSSR count). The Hall–Kier alpha value is -2.44. The van der Waals surface area contributed by atoms with Crippen molar-refractivity contribution >= 4 is 11.6 Å². The first kappa shape index (κ1) is 15.9. The molecule has 0 aliphatic carbocycles. The molecule has 0 aliphatic heterocycles. The lowest BCUT2D eigenvalue weighted by Crippen LogP contribution is -2.24. The minimum atomic E-state index is -2.95. The van der Waals surface area contributed by atoms with Gasteiger partial charge in [0.1, 0.15) is 11.8 Å². The van der Waals surface area contributed by atoms with Crippen LogP contribution in [-0.4, -0.2) is 22.3 Å². The summed E-state index contributed by atoms with van der Waals surface area (Å²) in [6.45, 7) is 2.33. The zero-order chi connectivity index (χ0) is 16.3. The Bertz CT molecular complexity index is 671. The molecular formula is C15H17F2N3O2. The summed E-state index contributed by atoms with van der Waals surface area (Å²) in [7, 11) is 0. The molecule has 0 saturated heterocycles. The fourth-order valence-electron chi connectivity index (χ4n) is 1.95. The number of benzene rings is 1. The van der Waals surface area contributed by atoms with Crippen molar-refractivity contribution in [1.29, 1.82) is 0 Å². The molecule has 2 aromatic rings. The monoisotopic (exact) mass is 309 g/mol. The van der Waals surface area contributed by atoms with Crippen molar-refractivity contribution in [2.75, 3.05) is 5.32 Å². The van der Waals surface area contributed by atoms with Gasteiger partial charge >= 0.3 is 6.61 Å². The SMILES string of the molecule is Cc1ccc(OC(F)F)c(NC(=O)C(C)n2ccc(C)n2)c1. The van der Waals surface area contributed by atoms with E-state index in [0.29, 0.717) is 0 Å². The third-order valence-electron chi connectivity index (χ3n) is 3.13. The van der Waals surface area contributed by atoms with Crippen molar-refractivity contribution in [3.05, 3.63) is 41.7 Å². The second-order valence-electron chi connectivity index (χ2n) is 4.98. The van der Waals surface area contributed by atoms with Crippen LogP contribution >= 0.6 is 0 Å². The van der Waals surface area contributed by atoms with Crippen molar-refractivity contribution in [3.63, 3.8) is 0 Å². The number of aryl methyl sites for hydroxylation is 2. The molecule has 0 saturated carbocycles. The largest absolute Gasteiger partial charge is 0.433 e. The van der Waals surface area contributed by atoms with Crippen LogP contribution in [0.25, 0.3) is 0 Å². The van der Waals surface area contributed by atoms with Crippen LogP contribution in [0.5, 0.6) is 5.75 Å². The van der Waals surface area contributed by atoms with Crippen LogP contribution in [0.15, 0.2) is 30.5 Å². The third-order valence-corrected chi connectivity index (χ3v) is 3.13. The highest BCUT2D eigenvalue weighted by molar-refractivity contribution is 5.94. The Morgan fingerprint density at radius 1 is 1.32 bits per heavy atom. The van der Waals surface area contributed by atoms with Crippen molar-refractivity contribution in [2.24, 2.45) is 0 Å². The number of amides is 1. The molecule has 1 heterocycles.